The molecule has 0 aromatic heterocycles. The van der Waals surface area contributed by atoms with Gasteiger partial charge in [0, 0.05) is 18.7 Å². The van der Waals surface area contributed by atoms with Crippen molar-refractivity contribution in [3.63, 3.8) is 0 Å². The first-order chi connectivity index (χ1) is 12.9. The number of nitrogens with zero attached hydrogens (tertiary/aromatic N) is 1. The molecular formula is C21H28N2O3S. The lowest BCUT2D eigenvalue weighted by Crippen LogP contribution is -2.39. The Kier molecular flexibility index (Phi) is 5.01. The van der Waals surface area contributed by atoms with Gasteiger partial charge in [0.05, 0.1) is 11.4 Å². The van der Waals surface area contributed by atoms with E-state index >= 15 is 0 Å². The van der Waals surface area contributed by atoms with Crippen LogP contribution in [0.15, 0.2) is 30.3 Å². The Morgan fingerprint density at radius 2 is 2.00 bits per heavy atom. The molecule has 0 unspecified atom stereocenters. The Bertz CT molecular complexity index is 831. The van der Waals surface area contributed by atoms with Crippen LogP contribution in [-0.4, -0.2) is 32.7 Å². The van der Waals surface area contributed by atoms with Crippen molar-refractivity contribution in [3.8, 4) is 0 Å². The number of nitrogens with one attached hydrogen (secondary N) is 1. The highest BCUT2D eigenvalue weighted by atomic mass is 32.2. The van der Waals surface area contributed by atoms with Gasteiger partial charge in [-0.3, -0.25) is 9.10 Å². The second-order valence-electron chi connectivity index (χ2n) is 8.30. The van der Waals surface area contributed by atoms with Crippen molar-refractivity contribution in [2.75, 3.05) is 16.6 Å². The lowest BCUT2D eigenvalue weighted by atomic mass is 9.84. The first kappa shape index (κ1) is 18.5. The first-order valence-corrected chi connectivity index (χ1v) is 11.6. The monoisotopic (exact) mass is 388 g/mol. The second-order valence-corrected chi connectivity index (χ2v) is 10.3. The van der Waals surface area contributed by atoms with Gasteiger partial charge in [0.2, 0.25) is 15.9 Å². The van der Waals surface area contributed by atoms with E-state index in [1.165, 1.54) is 30.0 Å². The van der Waals surface area contributed by atoms with Gasteiger partial charge in [-0.15, -0.1) is 0 Å². The zero-order valence-corrected chi connectivity index (χ0v) is 16.6. The minimum atomic E-state index is -3.15. The summed E-state index contributed by atoms with van der Waals surface area (Å²) in [6.07, 6.45) is 9.33. The van der Waals surface area contributed by atoms with Gasteiger partial charge in [0.1, 0.15) is 0 Å². The van der Waals surface area contributed by atoms with E-state index in [0.717, 1.165) is 17.4 Å². The molecular weight excluding hydrogens is 360 g/mol. The van der Waals surface area contributed by atoms with Gasteiger partial charge in [-0.1, -0.05) is 18.6 Å². The Labute approximate surface area is 161 Å². The molecule has 1 aromatic carbocycles. The molecule has 1 aromatic rings. The third-order valence-electron chi connectivity index (χ3n) is 6.51. The number of fused-ring (bicyclic) bond motifs is 2. The van der Waals surface area contributed by atoms with Crippen molar-refractivity contribution in [1.29, 1.82) is 0 Å². The summed E-state index contributed by atoms with van der Waals surface area (Å²) in [6.45, 7) is 2.67. The van der Waals surface area contributed by atoms with E-state index < -0.39 is 10.0 Å². The smallest absolute Gasteiger partial charge is 0.244 e. The predicted octanol–water partition coefficient (Wildman–Crippen LogP) is 3.18. The number of hydrogen-bond donors (Lipinski definition) is 1. The standard InChI is InChI=1S/C21H28N2O3S/c1-15(20-14-17-3-7-18(20)13-17)22-21(24)10-6-16-4-8-19(9-5-16)23-11-2-12-27(23,25)26/h4-6,8-10,15,17-18,20H,2-3,7,11-14H2,1H3,(H,22,24)/b10-6+/t15-,17+,18+,20+/m1/s1. The third kappa shape index (κ3) is 3.91. The van der Waals surface area contributed by atoms with E-state index in [1.807, 2.05) is 12.1 Å². The topological polar surface area (TPSA) is 66.5 Å². The molecule has 3 fully saturated rings. The van der Waals surface area contributed by atoms with Crippen LogP contribution in [0, 0.1) is 17.8 Å². The second kappa shape index (κ2) is 7.30. The molecule has 27 heavy (non-hydrogen) atoms. The van der Waals surface area contributed by atoms with Crippen LogP contribution in [0.1, 0.15) is 44.6 Å². The van der Waals surface area contributed by atoms with Crippen LogP contribution in [0.5, 0.6) is 0 Å². The number of benzene rings is 1. The van der Waals surface area contributed by atoms with Crippen molar-refractivity contribution < 1.29 is 13.2 Å². The normalized spacial score (nSPS) is 30.1. The molecule has 5 nitrogen and oxygen atoms in total. The van der Waals surface area contributed by atoms with Gasteiger partial charge >= 0.3 is 0 Å². The zero-order valence-electron chi connectivity index (χ0n) is 15.8. The molecule has 1 heterocycles. The SMILES string of the molecule is C[C@@H](NC(=O)/C=C/c1ccc(N2CCCS2(=O)=O)cc1)[C@@H]1C[C@H]2CC[C@H]1C2. The molecule has 2 aliphatic carbocycles. The number of anilines is 1. The lowest BCUT2D eigenvalue weighted by molar-refractivity contribution is -0.117. The van der Waals surface area contributed by atoms with Crippen LogP contribution in [-0.2, 0) is 14.8 Å². The number of hydrogen-bond acceptors (Lipinski definition) is 3. The van der Waals surface area contributed by atoms with Gasteiger partial charge in [-0.05, 0) is 74.1 Å². The molecule has 146 valence electrons. The largest absolute Gasteiger partial charge is 0.350 e. The summed E-state index contributed by atoms with van der Waals surface area (Å²) in [7, 11) is -3.15. The molecule has 3 aliphatic rings. The Morgan fingerprint density at radius 1 is 1.22 bits per heavy atom. The van der Waals surface area contributed by atoms with Crippen LogP contribution in [0.3, 0.4) is 0 Å². The highest BCUT2D eigenvalue weighted by Gasteiger charge is 2.41. The lowest BCUT2D eigenvalue weighted by Gasteiger charge is -2.28. The van der Waals surface area contributed by atoms with Crippen molar-refractivity contribution in [1.82, 2.24) is 5.32 Å². The van der Waals surface area contributed by atoms with E-state index in [1.54, 1.807) is 24.3 Å². The summed E-state index contributed by atoms with van der Waals surface area (Å²) in [5.74, 6) is 2.46. The van der Waals surface area contributed by atoms with Gasteiger partial charge in [-0.2, -0.15) is 0 Å². The summed E-state index contributed by atoms with van der Waals surface area (Å²) in [5.41, 5.74) is 1.58. The Balaban J connectivity index is 1.33. The fourth-order valence-corrected chi connectivity index (χ4v) is 6.70. The molecule has 2 bridgehead atoms. The summed E-state index contributed by atoms with van der Waals surface area (Å²) >= 11 is 0. The van der Waals surface area contributed by atoms with Crippen LogP contribution in [0.25, 0.3) is 6.08 Å². The maximum atomic E-state index is 12.3. The quantitative estimate of drug-likeness (QED) is 0.788. The molecule has 4 atom stereocenters. The van der Waals surface area contributed by atoms with E-state index in [-0.39, 0.29) is 17.7 Å². The Hall–Kier alpha value is -1.82. The van der Waals surface area contributed by atoms with Gasteiger partial charge in [0.15, 0.2) is 0 Å². The molecule has 2 saturated carbocycles. The molecule has 1 aliphatic heterocycles. The van der Waals surface area contributed by atoms with Crippen molar-refractivity contribution >= 4 is 27.7 Å². The average Bonchev–Trinajstić information content (AvgIpc) is 3.35. The maximum absolute atomic E-state index is 12.3. The molecule has 1 amide bonds. The summed E-state index contributed by atoms with van der Waals surface area (Å²) < 4.78 is 25.4. The molecule has 4 rings (SSSR count). The van der Waals surface area contributed by atoms with E-state index in [9.17, 15) is 13.2 Å². The van der Waals surface area contributed by atoms with Crippen molar-refractivity contribution in [3.05, 3.63) is 35.9 Å². The fraction of sp³-hybridized carbons (Fsp3) is 0.571. The van der Waals surface area contributed by atoms with Crippen LogP contribution >= 0.6 is 0 Å². The van der Waals surface area contributed by atoms with Crippen LogP contribution in [0.2, 0.25) is 0 Å². The molecule has 1 N–H and O–H groups in total. The number of carbonyl (C=O) groups is 1. The molecule has 1 saturated heterocycles. The van der Waals surface area contributed by atoms with Crippen LogP contribution < -0.4 is 9.62 Å². The average molecular weight is 389 g/mol. The highest BCUT2D eigenvalue weighted by molar-refractivity contribution is 7.93. The van der Waals surface area contributed by atoms with E-state index in [2.05, 4.69) is 12.2 Å². The first-order valence-electron chi connectivity index (χ1n) is 10.0. The van der Waals surface area contributed by atoms with Crippen molar-refractivity contribution in [2.24, 2.45) is 17.8 Å². The number of amides is 1. The van der Waals surface area contributed by atoms with Gasteiger partial charge in [-0.25, -0.2) is 8.42 Å². The Morgan fingerprint density at radius 3 is 2.59 bits per heavy atom. The van der Waals surface area contributed by atoms with Crippen molar-refractivity contribution in [2.45, 2.75) is 45.1 Å². The highest BCUT2D eigenvalue weighted by Crippen LogP contribution is 2.49. The fourth-order valence-electron chi connectivity index (χ4n) is 5.14. The molecule has 6 heteroatoms. The van der Waals surface area contributed by atoms with Gasteiger partial charge < -0.3 is 5.32 Å². The van der Waals surface area contributed by atoms with Gasteiger partial charge in [0.25, 0.3) is 0 Å². The summed E-state index contributed by atoms with van der Waals surface area (Å²) in [6, 6.07) is 7.54. The minimum Gasteiger partial charge on any atom is -0.350 e. The zero-order chi connectivity index (χ0) is 19.0. The molecule has 0 radical (unpaired) electrons. The molecule has 0 spiro atoms. The third-order valence-corrected chi connectivity index (χ3v) is 8.38. The maximum Gasteiger partial charge on any atom is 0.244 e. The minimum absolute atomic E-state index is 0.0588. The number of sulfonamides is 1. The number of carbonyl (C=O) groups excluding carboxylic acids is 1. The van der Waals surface area contributed by atoms with E-state index in [4.69, 9.17) is 0 Å². The van der Waals surface area contributed by atoms with Crippen LogP contribution in [0.4, 0.5) is 5.69 Å². The van der Waals surface area contributed by atoms with E-state index in [0.29, 0.717) is 24.6 Å². The summed E-state index contributed by atoms with van der Waals surface area (Å²) in [5, 5.41) is 3.13. The summed E-state index contributed by atoms with van der Waals surface area (Å²) in [4.78, 5) is 12.3. The predicted molar refractivity (Wildman–Crippen MR) is 108 cm³/mol. The number of rotatable bonds is 5.